The molecule has 2 aromatic rings. The monoisotopic (exact) mass is 563 g/mol. The van der Waals surface area contributed by atoms with E-state index < -0.39 is 24.0 Å². The highest BCUT2D eigenvalue weighted by atomic mass is 16.5. The number of H-pyrrole nitrogens is 1. The number of nitrogens with one attached hydrogen (secondary N) is 4. The summed E-state index contributed by atoms with van der Waals surface area (Å²) < 4.78 is 5.41. The Morgan fingerprint density at radius 3 is 2.63 bits per heavy atom. The van der Waals surface area contributed by atoms with Gasteiger partial charge in [0.1, 0.15) is 29.8 Å². The molecule has 2 saturated heterocycles. The van der Waals surface area contributed by atoms with Crippen molar-refractivity contribution in [1.82, 2.24) is 25.8 Å². The Bertz CT molecular complexity index is 1410. The van der Waals surface area contributed by atoms with Gasteiger partial charge in [-0.15, -0.1) is 0 Å². The molecule has 41 heavy (non-hydrogen) atoms. The summed E-state index contributed by atoms with van der Waals surface area (Å²) in [6.07, 6.45) is 3.16. The summed E-state index contributed by atoms with van der Waals surface area (Å²) in [5.41, 5.74) is 0.970. The van der Waals surface area contributed by atoms with Crippen molar-refractivity contribution in [1.29, 1.82) is 0 Å². The van der Waals surface area contributed by atoms with Crippen LogP contribution >= 0.6 is 0 Å². The van der Waals surface area contributed by atoms with Gasteiger partial charge in [-0.2, -0.15) is 0 Å². The Balaban J connectivity index is 1.19. The molecule has 11 heteroatoms. The maximum atomic E-state index is 14.0. The molecule has 4 amide bonds. The van der Waals surface area contributed by atoms with Crippen LogP contribution in [-0.2, 0) is 19.2 Å². The minimum absolute atomic E-state index is 0.00242. The lowest BCUT2D eigenvalue weighted by atomic mass is 9.97. The first-order valence-electron chi connectivity index (χ1n) is 14.4. The van der Waals surface area contributed by atoms with Crippen LogP contribution in [0.25, 0.3) is 10.9 Å². The van der Waals surface area contributed by atoms with Crippen LogP contribution in [0.2, 0.25) is 0 Å². The Morgan fingerprint density at radius 1 is 1.20 bits per heavy atom. The highest BCUT2D eigenvalue weighted by molar-refractivity contribution is 6.02. The molecule has 2 aliphatic heterocycles. The number of carbonyl (C=O) groups is 5. The Morgan fingerprint density at radius 2 is 1.98 bits per heavy atom. The van der Waals surface area contributed by atoms with Crippen LogP contribution in [0, 0.1) is 29.1 Å². The van der Waals surface area contributed by atoms with Crippen LogP contribution < -0.4 is 20.7 Å². The molecular weight excluding hydrogens is 526 g/mol. The Kier molecular flexibility index (Phi) is 6.78. The van der Waals surface area contributed by atoms with Gasteiger partial charge in [-0.25, -0.2) is 0 Å². The van der Waals surface area contributed by atoms with Gasteiger partial charge in [0.15, 0.2) is 0 Å². The molecule has 11 nitrogen and oxygen atoms in total. The zero-order chi connectivity index (χ0) is 29.1. The van der Waals surface area contributed by atoms with Gasteiger partial charge in [-0.3, -0.25) is 19.2 Å². The van der Waals surface area contributed by atoms with Gasteiger partial charge >= 0.3 is 0 Å². The quantitative estimate of drug-likeness (QED) is 0.321. The summed E-state index contributed by atoms with van der Waals surface area (Å²) in [4.78, 5) is 69.6. The molecule has 6 rings (SSSR count). The zero-order valence-corrected chi connectivity index (χ0v) is 23.6. The molecule has 218 valence electrons. The summed E-state index contributed by atoms with van der Waals surface area (Å²) >= 11 is 0. The van der Waals surface area contributed by atoms with Gasteiger partial charge in [0.05, 0.1) is 13.2 Å². The van der Waals surface area contributed by atoms with Gasteiger partial charge in [0, 0.05) is 29.9 Å². The maximum absolute atomic E-state index is 14.0. The van der Waals surface area contributed by atoms with Crippen molar-refractivity contribution >= 4 is 40.8 Å². The number of amides is 4. The maximum Gasteiger partial charge on any atom is 0.268 e. The standard InChI is InChI=1S/C30H37N5O6/c1-30(2)19-13-35(25(23(19)30)28(39)32-17(14-36)11-16-9-10-31-26(16)37)29(40)24(15-7-8-15)34-27(38)21-12-18-20(33-21)5-4-6-22(18)41-3/h4-6,12,14-17,19,23-25,33H,7-11,13H2,1-3H3,(H,31,37)(H,32,39)(H,34,38)/t16-,17-,19-,23-,24?,25-/m0/s1. The first-order chi connectivity index (χ1) is 19.6. The van der Waals surface area contributed by atoms with E-state index in [9.17, 15) is 24.0 Å². The lowest BCUT2D eigenvalue weighted by Crippen LogP contribution is -2.57. The molecule has 1 unspecified atom stereocenters. The first kappa shape index (κ1) is 27.3. The lowest BCUT2D eigenvalue weighted by Gasteiger charge is -2.33. The second-order valence-corrected chi connectivity index (χ2v) is 12.5. The first-order valence-corrected chi connectivity index (χ1v) is 14.4. The molecule has 4 N–H and O–H groups in total. The van der Waals surface area contributed by atoms with Crippen molar-refractivity contribution in [3.05, 3.63) is 30.0 Å². The third kappa shape index (κ3) is 4.85. The minimum Gasteiger partial charge on any atom is -0.496 e. The van der Waals surface area contributed by atoms with E-state index in [1.807, 2.05) is 18.2 Å². The fraction of sp³-hybridized carbons (Fsp3) is 0.567. The summed E-state index contributed by atoms with van der Waals surface area (Å²) in [6.45, 7) is 5.17. The number of piperidine rings is 1. The highest BCUT2D eigenvalue weighted by Gasteiger charge is 2.69. The van der Waals surface area contributed by atoms with E-state index in [1.165, 1.54) is 0 Å². The molecule has 6 atom stereocenters. The Hall–Kier alpha value is -3.89. The number of hydrogen-bond acceptors (Lipinski definition) is 6. The molecule has 0 radical (unpaired) electrons. The van der Waals surface area contributed by atoms with Crippen LogP contribution in [0.1, 0.15) is 50.0 Å². The summed E-state index contributed by atoms with van der Waals surface area (Å²) in [6, 6.07) is 4.91. The summed E-state index contributed by atoms with van der Waals surface area (Å²) in [5, 5.41) is 9.31. The van der Waals surface area contributed by atoms with Crippen LogP contribution in [0.3, 0.4) is 0 Å². The van der Waals surface area contributed by atoms with Crippen molar-refractivity contribution in [3.63, 3.8) is 0 Å². The second kappa shape index (κ2) is 10.2. The second-order valence-electron chi connectivity index (χ2n) is 12.5. The molecule has 0 spiro atoms. The number of nitrogens with zero attached hydrogens (tertiary/aromatic N) is 1. The third-order valence-corrected chi connectivity index (χ3v) is 9.69. The smallest absolute Gasteiger partial charge is 0.268 e. The number of aldehydes is 1. The normalized spacial score (nSPS) is 27.5. The van der Waals surface area contributed by atoms with Gasteiger partial charge < -0.3 is 35.4 Å². The summed E-state index contributed by atoms with van der Waals surface area (Å²) in [5.74, 6) is -0.703. The number of methoxy groups -OCH3 is 1. The zero-order valence-electron chi connectivity index (χ0n) is 23.6. The van der Waals surface area contributed by atoms with E-state index in [1.54, 1.807) is 18.1 Å². The van der Waals surface area contributed by atoms with Crippen molar-refractivity contribution in [2.75, 3.05) is 20.2 Å². The highest BCUT2D eigenvalue weighted by Crippen LogP contribution is 2.65. The number of ether oxygens (including phenoxy) is 1. The molecular formula is C30H37N5O6. The number of aromatic nitrogens is 1. The number of rotatable bonds is 10. The van der Waals surface area contributed by atoms with E-state index in [0.717, 1.165) is 23.7 Å². The lowest BCUT2D eigenvalue weighted by molar-refractivity contribution is -0.142. The van der Waals surface area contributed by atoms with Crippen molar-refractivity contribution in [2.45, 2.75) is 57.7 Å². The van der Waals surface area contributed by atoms with Crippen molar-refractivity contribution in [3.8, 4) is 5.75 Å². The van der Waals surface area contributed by atoms with Gasteiger partial charge in [0.25, 0.3) is 5.91 Å². The van der Waals surface area contributed by atoms with E-state index in [2.05, 4.69) is 34.8 Å². The SMILES string of the molecule is COc1cccc2[nH]c(C(=O)NC(C(=O)N3C[C@H]4[C@@H]([C@H]3C(=O)N[C@H](C=O)C[C@@H]3CCNC3=O)C4(C)C)C3CC3)cc12. The largest absolute Gasteiger partial charge is 0.496 e. The number of aromatic amines is 1. The van der Waals surface area contributed by atoms with Crippen LogP contribution in [0.15, 0.2) is 24.3 Å². The number of hydrogen-bond donors (Lipinski definition) is 4. The molecule has 4 fully saturated rings. The fourth-order valence-corrected chi connectivity index (χ4v) is 7.04. The molecule has 1 aromatic heterocycles. The van der Waals surface area contributed by atoms with Crippen LogP contribution in [0.5, 0.6) is 5.75 Å². The van der Waals surface area contributed by atoms with E-state index in [4.69, 9.17) is 4.74 Å². The third-order valence-electron chi connectivity index (χ3n) is 9.69. The average molecular weight is 564 g/mol. The van der Waals surface area contributed by atoms with E-state index in [-0.39, 0.29) is 53.2 Å². The molecule has 3 heterocycles. The molecule has 2 saturated carbocycles. The average Bonchev–Trinajstić information content (AvgIpc) is 3.62. The number of carbonyl (C=O) groups excluding carboxylic acids is 5. The predicted molar refractivity (Wildman–Crippen MR) is 149 cm³/mol. The predicted octanol–water partition coefficient (Wildman–Crippen LogP) is 1.38. The fourth-order valence-electron chi connectivity index (χ4n) is 7.04. The van der Waals surface area contributed by atoms with E-state index in [0.29, 0.717) is 37.2 Å². The van der Waals surface area contributed by atoms with Crippen LogP contribution in [0.4, 0.5) is 0 Å². The topological polar surface area (TPSA) is 150 Å². The number of likely N-dealkylation sites (tertiary alicyclic amines) is 1. The molecule has 2 aliphatic carbocycles. The molecule has 4 aliphatic rings. The van der Waals surface area contributed by atoms with Crippen LogP contribution in [-0.4, -0.2) is 78.1 Å². The minimum atomic E-state index is -0.813. The van der Waals surface area contributed by atoms with Crippen molar-refractivity contribution in [2.24, 2.45) is 29.1 Å². The number of benzene rings is 1. The Labute approximate surface area is 238 Å². The number of fused-ring (bicyclic) bond motifs is 2. The molecule has 0 bridgehead atoms. The van der Waals surface area contributed by atoms with Gasteiger partial charge in [-0.1, -0.05) is 19.9 Å². The molecule has 1 aromatic carbocycles. The summed E-state index contributed by atoms with van der Waals surface area (Å²) in [7, 11) is 1.57. The van der Waals surface area contributed by atoms with Gasteiger partial charge in [-0.05, 0) is 67.1 Å². The van der Waals surface area contributed by atoms with E-state index >= 15 is 0 Å². The van der Waals surface area contributed by atoms with Crippen molar-refractivity contribution < 1.29 is 28.7 Å². The van der Waals surface area contributed by atoms with Gasteiger partial charge in [0.2, 0.25) is 17.7 Å².